The van der Waals surface area contributed by atoms with Gasteiger partial charge in [0.25, 0.3) is 0 Å². The van der Waals surface area contributed by atoms with Crippen molar-refractivity contribution in [3.8, 4) is 0 Å². The Morgan fingerprint density at radius 1 is 1.29 bits per heavy atom. The molecule has 0 fully saturated rings. The quantitative estimate of drug-likeness (QED) is 0.809. The second kappa shape index (κ2) is 7.62. The van der Waals surface area contributed by atoms with Crippen molar-refractivity contribution in [1.29, 1.82) is 0 Å². The average molecular weight is 252 g/mol. The molecule has 0 saturated heterocycles. The molecule has 1 unspecified atom stereocenters. The maximum Gasteiger partial charge on any atom is 0.0364 e. The van der Waals surface area contributed by atoms with Crippen molar-refractivity contribution in [2.24, 2.45) is 5.73 Å². The average Bonchev–Trinajstić information content (AvgIpc) is 2.36. The molecule has 0 radical (unpaired) electrons. The molecule has 3 heteroatoms. The molecule has 0 aromatic heterocycles. The molecule has 17 heavy (non-hydrogen) atoms. The largest absolute Gasteiger partial charge is 0.374 e. The predicted molar refractivity (Wildman–Crippen MR) is 80.1 cm³/mol. The van der Waals surface area contributed by atoms with Crippen LogP contribution in [0.3, 0.4) is 0 Å². The molecule has 0 bridgehead atoms. The molecule has 96 valence electrons. The van der Waals surface area contributed by atoms with Gasteiger partial charge in [0.15, 0.2) is 0 Å². The first-order valence-electron chi connectivity index (χ1n) is 6.22. The maximum absolute atomic E-state index is 5.96. The van der Waals surface area contributed by atoms with E-state index in [1.807, 2.05) is 11.8 Å². The molecule has 1 atom stereocenters. The zero-order valence-corrected chi connectivity index (χ0v) is 12.0. The van der Waals surface area contributed by atoms with Gasteiger partial charge >= 0.3 is 0 Å². The van der Waals surface area contributed by atoms with Crippen molar-refractivity contribution >= 4 is 17.4 Å². The van der Waals surface area contributed by atoms with Crippen molar-refractivity contribution in [3.63, 3.8) is 0 Å². The fraction of sp³-hybridized carbons (Fsp3) is 0.571. The second-order valence-electron chi connectivity index (χ2n) is 4.45. The number of thioether (sulfide) groups is 1. The highest BCUT2D eigenvalue weighted by molar-refractivity contribution is 7.98. The first kappa shape index (κ1) is 14.4. The molecular weight excluding hydrogens is 228 g/mol. The van der Waals surface area contributed by atoms with Gasteiger partial charge in [-0.25, -0.2) is 0 Å². The van der Waals surface area contributed by atoms with Crippen LogP contribution >= 0.6 is 11.8 Å². The van der Waals surface area contributed by atoms with Gasteiger partial charge in [0.2, 0.25) is 0 Å². The van der Waals surface area contributed by atoms with E-state index in [-0.39, 0.29) is 6.04 Å². The third kappa shape index (κ3) is 5.00. The Kier molecular flexibility index (Phi) is 6.45. The number of rotatable bonds is 7. The van der Waals surface area contributed by atoms with Crippen LogP contribution in [0.25, 0.3) is 0 Å². The van der Waals surface area contributed by atoms with Crippen LogP contribution in [0.15, 0.2) is 24.3 Å². The molecule has 0 saturated carbocycles. The monoisotopic (exact) mass is 252 g/mol. The highest BCUT2D eigenvalue weighted by atomic mass is 32.2. The van der Waals surface area contributed by atoms with Gasteiger partial charge in [0.05, 0.1) is 0 Å². The summed E-state index contributed by atoms with van der Waals surface area (Å²) in [5.74, 6) is 1.17. The topological polar surface area (TPSA) is 29.3 Å². The van der Waals surface area contributed by atoms with E-state index >= 15 is 0 Å². The van der Waals surface area contributed by atoms with Gasteiger partial charge in [-0.2, -0.15) is 11.8 Å². The molecule has 0 aliphatic carbocycles. The van der Waals surface area contributed by atoms with E-state index in [0.29, 0.717) is 0 Å². The minimum atomic E-state index is 0.287. The highest BCUT2D eigenvalue weighted by Gasteiger charge is 2.03. The van der Waals surface area contributed by atoms with E-state index in [2.05, 4.69) is 49.4 Å². The molecule has 1 aromatic rings. The summed E-state index contributed by atoms with van der Waals surface area (Å²) in [6.45, 7) is 3.23. The lowest BCUT2D eigenvalue weighted by Crippen LogP contribution is -2.22. The Bertz CT molecular complexity index is 311. The smallest absolute Gasteiger partial charge is 0.0364 e. The second-order valence-corrected chi connectivity index (χ2v) is 5.44. The van der Waals surface area contributed by atoms with Gasteiger partial charge < -0.3 is 10.6 Å². The molecule has 1 aromatic carbocycles. The van der Waals surface area contributed by atoms with Crippen LogP contribution in [-0.4, -0.2) is 31.6 Å². The molecule has 2 nitrogen and oxygen atoms in total. The molecule has 2 N–H and O–H groups in total. The summed E-state index contributed by atoms with van der Waals surface area (Å²) < 4.78 is 0. The summed E-state index contributed by atoms with van der Waals surface area (Å²) in [6.07, 6.45) is 4.16. The van der Waals surface area contributed by atoms with E-state index in [0.717, 1.165) is 19.4 Å². The molecule has 0 spiro atoms. The molecule has 1 rings (SSSR count). The summed E-state index contributed by atoms with van der Waals surface area (Å²) in [5, 5.41) is 0. The van der Waals surface area contributed by atoms with Crippen LogP contribution in [0.4, 0.5) is 5.69 Å². The maximum atomic E-state index is 5.96. The van der Waals surface area contributed by atoms with E-state index in [4.69, 9.17) is 5.73 Å². The predicted octanol–water partition coefficient (Wildman–Crippen LogP) is 2.77. The number of hydrogen-bond donors (Lipinski definition) is 1. The van der Waals surface area contributed by atoms with Crippen LogP contribution in [0.5, 0.6) is 0 Å². The first-order valence-corrected chi connectivity index (χ1v) is 7.61. The van der Waals surface area contributed by atoms with E-state index in [1.54, 1.807) is 0 Å². The lowest BCUT2D eigenvalue weighted by molar-refractivity contribution is 0.646. The summed E-state index contributed by atoms with van der Waals surface area (Å²) in [4.78, 5) is 2.29. The van der Waals surface area contributed by atoms with Gasteiger partial charge in [-0.05, 0) is 36.8 Å². The SMILES string of the molecule is CCC(N)Cc1ccc(N(C)CCSC)cc1. The summed E-state index contributed by atoms with van der Waals surface area (Å²) >= 11 is 1.88. The number of anilines is 1. The molecule has 0 aliphatic rings. The van der Waals surface area contributed by atoms with Crippen LogP contribution in [0.2, 0.25) is 0 Å². The summed E-state index contributed by atoms with van der Waals surface area (Å²) in [7, 11) is 2.14. The lowest BCUT2D eigenvalue weighted by atomic mass is 10.0. The van der Waals surface area contributed by atoms with Gasteiger partial charge in [-0.3, -0.25) is 0 Å². The molecule has 0 heterocycles. The van der Waals surface area contributed by atoms with Crippen LogP contribution < -0.4 is 10.6 Å². The number of hydrogen-bond acceptors (Lipinski definition) is 3. The zero-order chi connectivity index (χ0) is 12.7. The van der Waals surface area contributed by atoms with Gasteiger partial charge in [0, 0.05) is 31.1 Å². The number of nitrogens with two attached hydrogens (primary N) is 1. The van der Waals surface area contributed by atoms with Crippen molar-refractivity contribution in [3.05, 3.63) is 29.8 Å². The van der Waals surface area contributed by atoms with Gasteiger partial charge in [0.1, 0.15) is 0 Å². The van der Waals surface area contributed by atoms with E-state index < -0.39 is 0 Å². The fourth-order valence-corrected chi connectivity index (χ4v) is 2.15. The summed E-state index contributed by atoms with van der Waals surface area (Å²) in [6, 6.07) is 9.06. The Hall–Kier alpha value is -0.670. The third-order valence-corrected chi connectivity index (χ3v) is 3.62. The van der Waals surface area contributed by atoms with Crippen molar-refractivity contribution in [2.75, 3.05) is 30.5 Å². The number of nitrogens with zero attached hydrogens (tertiary/aromatic N) is 1. The molecular formula is C14H24N2S. The third-order valence-electron chi connectivity index (χ3n) is 3.03. The Morgan fingerprint density at radius 2 is 1.94 bits per heavy atom. The zero-order valence-electron chi connectivity index (χ0n) is 11.1. The van der Waals surface area contributed by atoms with Crippen LogP contribution in [0.1, 0.15) is 18.9 Å². The van der Waals surface area contributed by atoms with Crippen LogP contribution in [-0.2, 0) is 6.42 Å². The normalized spacial score (nSPS) is 12.5. The Labute approximate surface area is 110 Å². The minimum Gasteiger partial charge on any atom is -0.374 e. The van der Waals surface area contributed by atoms with Crippen LogP contribution in [0, 0.1) is 0 Å². The number of benzene rings is 1. The van der Waals surface area contributed by atoms with E-state index in [9.17, 15) is 0 Å². The standard InChI is InChI=1S/C14H24N2S/c1-4-13(15)11-12-5-7-14(8-6-12)16(2)9-10-17-3/h5-8,13H,4,9-11,15H2,1-3H3. The highest BCUT2D eigenvalue weighted by Crippen LogP contribution is 2.15. The van der Waals surface area contributed by atoms with Crippen molar-refractivity contribution in [1.82, 2.24) is 0 Å². The lowest BCUT2D eigenvalue weighted by Gasteiger charge is -2.19. The Morgan fingerprint density at radius 3 is 2.47 bits per heavy atom. The minimum absolute atomic E-state index is 0.287. The van der Waals surface area contributed by atoms with Crippen molar-refractivity contribution in [2.45, 2.75) is 25.8 Å². The van der Waals surface area contributed by atoms with Crippen molar-refractivity contribution < 1.29 is 0 Å². The Balaban J connectivity index is 2.54. The van der Waals surface area contributed by atoms with E-state index in [1.165, 1.54) is 17.0 Å². The fourth-order valence-electron chi connectivity index (χ4n) is 1.69. The molecule has 0 amide bonds. The molecule has 0 aliphatic heterocycles. The first-order chi connectivity index (χ1) is 8.17. The van der Waals surface area contributed by atoms with Gasteiger partial charge in [-0.15, -0.1) is 0 Å². The van der Waals surface area contributed by atoms with Gasteiger partial charge in [-0.1, -0.05) is 19.1 Å². The summed E-state index contributed by atoms with van der Waals surface area (Å²) in [5.41, 5.74) is 8.58.